The van der Waals surface area contributed by atoms with Crippen molar-refractivity contribution in [1.82, 2.24) is 25.2 Å². The number of anilines is 1. The van der Waals surface area contributed by atoms with Gasteiger partial charge in [-0.05, 0) is 24.3 Å². The normalized spacial score (nSPS) is 11.5. The van der Waals surface area contributed by atoms with Crippen molar-refractivity contribution >= 4 is 22.4 Å². The van der Waals surface area contributed by atoms with E-state index in [0.717, 1.165) is 41.2 Å². The van der Waals surface area contributed by atoms with E-state index >= 15 is 0 Å². The number of alkyl halides is 3. The van der Waals surface area contributed by atoms with Gasteiger partial charge in [0.05, 0.1) is 5.69 Å². The van der Waals surface area contributed by atoms with Crippen LogP contribution < -0.4 is 5.32 Å². The molecule has 7 nitrogen and oxygen atoms in total. The molecule has 1 N–H and O–H groups in total. The maximum atomic E-state index is 13.7. The molecule has 0 saturated heterocycles. The highest BCUT2D eigenvalue weighted by atomic mass is 32.1. The molecule has 4 rings (SSSR count). The lowest BCUT2D eigenvalue weighted by Gasteiger charge is -2.10. The van der Waals surface area contributed by atoms with Crippen molar-refractivity contribution in [3.05, 3.63) is 71.8 Å². The molecule has 0 radical (unpaired) electrons. The van der Waals surface area contributed by atoms with Crippen molar-refractivity contribution in [2.24, 2.45) is 0 Å². The number of carbonyl (C=O) groups is 1. The third-order valence-electron chi connectivity index (χ3n) is 3.89. The summed E-state index contributed by atoms with van der Waals surface area (Å²) >= 11 is 0.995. The minimum atomic E-state index is -4.94. The number of rotatable bonds is 4. The molecule has 30 heavy (non-hydrogen) atoms. The predicted molar refractivity (Wildman–Crippen MR) is 99.6 cm³/mol. The van der Waals surface area contributed by atoms with E-state index in [1.165, 1.54) is 0 Å². The molecule has 0 aliphatic rings. The van der Waals surface area contributed by atoms with E-state index in [1.54, 1.807) is 24.3 Å². The summed E-state index contributed by atoms with van der Waals surface area (Å²) in [6.45, 7) is 0. The van der Waals surface area contributed by atoms with Gasteiger partial charge < -0.3 is 0 Å². The van der Waals surface area contributed by atoms with Crippen molar-refractivity contribution in [2.75, 3.05) is 5.32 Å². The Morgan fingerprint density at radius 3 is 2.33 bits per heavy atom. The zero-order valence-electron chi connectivity index (χ0n) is 14.8. The molecular formula is C18H10F4N6OS. The van der Waals surface area contributed by atoms with Crippen LogP contribution in [0.15, 0.2) is 54.6 Å². The van der Waals surface area contributed by atoms with E-state index in [1.807, 2.05) is 6.07 Å². The van der Waals surface area contributed by atoms with Crippen LogP contribution >= 0.6 is 11.3 Å². The van der Waals surface area contributed by atoms with Crippen LogP contribution in [0.2, 0.25) is 0 Å². The van der Waals surface area contributed by atoms with Gasteiger partial charge in [0.25, 0.3) is 5.91 Å². The van der Waals surface area contributed by atoms with E-state index in [-0.39, 0.29) is 10.8 Å². The van der Waals surface area contributed by atoms with Gasteiger partial charge in [-0.3, -0.25) is 10.1 Å². The van der Waals surface area contributed by atoms with E-state index in [4.69, 9.17) is 0 Å². The molecule has 1 amide bonds. The van der Waals surface area contributed by atoms with Gasteiger partial charge in [-0.15, -0.1) is 15.3 Å². The van der Waals surface area contributed by atoms with Gasteiger partial charge in [0.2, 0.25) is 5.13 Å². The highest BCUT2D eigenvalue weighted by Gasteiger charge is 2.42. The van der Waals surface area contributed by atoms with Gasteiger partial charge in [-0.1, -0.05) is 46.9 Å². The Balaban J connectivity index is 1.65. The lowest BCUT2D eigenvalue weighted by atomic mass is 10.2. The maximum absolute atomic E-state index is 13.7. The summed E-state index contributed by atoms with van der Waals surface area (Å²) in [5, 5.41) is 17.3. The average molecular weight is 434 g/mol. The summed E-state index contributed by atoms with van der Waals surface area (Å²) < 4.78 is 54.5. The molecule has 0 bridgehead atoms. The summed E-state index contributed by atoms with van der Waals surface area (Å²) in [6, 6.07) is 13.1. The maximum Gasteiger partial charge on any atom is 0.435 e. The first kappa shape index (κ1) is 19.6. The van der Waals surface area contributed by atoms with Crippen molar-refractivity contribution in [2.45, 2.75) is 6.18 Å². The number of nitrogens with zero attached hydrogens (tertiary/aromatic N) is 5. The molecule has 0 aliphatic carbocycles. The summed E-state index contributed by atoms with van der Waals surface area (Å²) in [5.74, 6) is -1.78. The molecule has 152 valence electrons. The van der Waals surface area contributed by atoms with Gasteiger partial charge in [-0.2, -0.15) is 13.2 Å². The number of hydrogen-bond acceptors (Lipinski definition) is 6. The predicted octanol–water partition coefficient (Wildman–Crippen LogP) is 4.20. The van der Waals surface area contributed by atoms with Crippen LogP contribution in [0.3, 0.4) is 0 Å². The second kappa shape index (κ2) is 7.63. The van der Waals surface area contributed by atoms with Crippen LogP contribution in [0.25, 0.3) is 16.3 Å². The van der Waals surface area contributed by atoms with Crippen molar-refractivity contribution in [3.63, 3.8) is 0 Å². The van der Waals surface area contributed by atoms with Crippen LogP contribution in [-0.2, 0) is 6.18 Å². The molecule has 0 spiro atoms. The third-order valence-corrected chi connectivity index (χ3v) is 4.78. The zero-order chi connectivity index (χ0) is 21.3. The molecule has 12 heteroatoms. The van der Waals surface area contributed by atoms with Crippen molar-refractivity contribution < 1.29 is 22.4 Å². The molecule has 2 heterocycles. The first-order valence-electron chi connectivity index (χ1n) is 8.32. The van der Waals surface area contributed by atoms with Crippen LogP contribution in [0, 0.1) is 5.82 Å². The van der Waals surface area contributed by atoms with Crippen molar-refractivity contribution in [1.29, 1.82) is 0 Å². The molecular weight excluding hydrogens is 424 g/mol. The second-order valence-corrected chi connectivity index (χ2v) is 6.88. The summed E-state index contributed by atoms with van der Waals surface area (Å²) in [5.41, 5.74) is -1.69. The Bertz CT molecular complexity index is 1190. The molecule has 0 unspecified atom stereocenters. The van der Waals surface area contributed by atoms with Gasteiger partial charge >= 0.3 is 6.18 Å². The molecule has 2 aromatic heterocycles. The largest absolute Gasteiger partial charge is 0.435 e. The molecule has 0 atom stereocenters. The van der Waals surface area contributed by atoms with E-state index in [2.05, 4.69) is 25.8 Å². The fourth-order valence-electron chi connectivity index (χ4n) is 2.58. The van der Waals surface area contributed by atoms with E-state index in [0.29, 0.717) is 9.69 Å². The number of halogens is 4. The quantitative estimate of drug-likeness (QED) is 0.487. The SMILES string of the molecule is O=C(Nc1nnc(-c2ccccc2)s1)c1nnn(-c2ccc(F)cc2)c1C(F)(F)F. The highest BCUT2D eigenvalue weighted by Crippen LogP contribution is 2.33. The number of amides is 1. The number of nitrogens with one attached hydrogen (secondary N) is 1. The van der Waals surface area contributed by atoms with E-state index in [9.17, 15) is 22.4 Å². The third kappa shape index (κ3) is 3.89. The number of benzene rings is 2. The monoisotopic (exact) mass is 434 g/mol. The molecule has 2 aromatic carbocycles. The fourth-order valence-corrected chi connectivity index (χ4v) is 3.32. The Kier molecular flexibility index (Phi) is 4.99. The van der Waals surface area contributed by atoms with Crippen molar-refractivity contribution in [3.8, 4) is 16.3 Å². The summed E-state index contributed by atoms with van der Waals surface area (Å²) in [6.07, 6.45) is -4.94. The molecule has 0 aliphatic heterocycles. The van der Waals surface area contributed by atoms with Gasteiger partial charge in [0, 0.05) is 5.56 Å². The average Bonchev–Trinajstić information content (AvgIpc) is 3.36. The van der Waals surface area contributed by atoms with E-state index < -0.39 is 29.3 Å². The Labute approximate surface area is 170 Å². The Morgan fingerprint density at radius 2 is 1.67 bits per heavy atom. The highest BCUT2D eigenvalue weighted by molar-refractivity contribution is 7.18. The Morgan fingerprint density at radius 1 is 0.967 bits per heavy atom. The molecule has 0 saturated carbocycles. The molecule has 4 aromatic rings. The van der Waals surface area contributed by atoms with Crippen LogP contribution in [0.5, 0.6) is 0 Å². The first-order chi connectivity index (χ1) is 14.3. The number of hydrogen-bond donors (Lipinski definition) is 1. The lowest BCUT2D eigenvalue weighted by Crippen LogP contribution is -2.21. The van der Waals surface area contributed by atoms with Crippen LogP contribution in [-0.4, -0.2) is 31.1 Å². The fraction of sp³-hybridized carbons (Fsp3) is 0.0556. The van der Waals surface area contributed by atoms with Crippen LogP contribution in [0.1, 0.15) is 16.2 Å². The topological polar surface area (TPSA) is 85.6 Å². The minimum Gasteiger partial charge on any atom is -0.295 e. The zero-order valence-corrected chi connectivity index (χ0v) is 15.6. The smallest absolute Gasteiger partial charge is 0.295 e. The van der Waals surface area contributed by atoms with Gasteiger partial charge in [-0.25, -0.2) is 9.07 Å². The number of carbonyl (C=O) groups excluding carboxylic acids is 1. The number of aromatic nitrogens is 5. The summed E-state index contributed by atoms with van der Waals surface area (Å²) in [4.78, 5) is 12.5. The standard InChI is InChI=1S/C18H10F4N6OS/c19-11-6-8-12(9-7-11)28-14(18(20,21)22)13(24-27-28)15(29)23-17-26-25-16(30-17)10-4-2-1-3-5-10/h1-9H,(H,23,26,29). The lowest BCUT2D eigenvalue weighted by molar-refractivity contribution is -0.143. The first-order valence-corrected chi connectivity index (χ1v) is 9.13. The second-order valence-electron chi connectivity index (χ2n) is 5.91. The van der Waals surface area contributed by atoms with Crippen LogP contribution in [0.4, 0.5) is 22.7 Å². The molecule has 0 fully saturated rings. The van der Waals surface area contributed by atoms with Gasteiger partial charge in [0.1, 0.15) is 10.8 Å². The minimum absolute atomic E-state index is 0.00306. The Hall–Kier alpha value is -3.67. The summed E-state index contributed by atoms with van der Waals surface area (Å²) in [7, 11) is 0. The van der Waals surface area contributed by atoms with Gasteiger partial charge in [0.15, 0.2) is 11.4 Å².